The molecule has 8 nitrogen and oxygen atoms in total. The van der Waals surface area contributed by atoms with Crippen molar-refractivity contribution in [1.29, 1.82) is 0 Å². The van der Waals surface area contributed by atoms with Crippen LogP contribution in [0.15, 0.2) is 54.9 Å². The molecular weight excluding hydrogens is 453 g/mol. The Morgan fingerprint density at radius 2 is 1.91 bits per heavy atom. The van der Waals surface area contributed by atoms with Crippen LogP contribution in [0.25, 0.3) is 11.1 Å². The number of carbonyl (C=O) groups is 2. The zero-order chi connectivity index (χ0) is 23.7. The van der Waals surface area contributed by atoms with Crippen LogP contribution in [0.5, 0.6) is 5.75 Å². The molecule has 0 atom stereocenters. The third-order valence-corrected chi connectivity index (χ3v) is 4.19. The van der Waals surface area contributed by atoms with Gasteiger partial charge in [0.1, 0.15) is 5.75 Å². The molecule has 0 saturated heterocycles. The molecule has 4 N–H and O–H groups in total. The lowest BCUT2D eigenvalue weighted by molar-refractivity contribution is -0.192. The van der Waals surface area contributed by atoms with Gasteiger partial charge in [-0.15, -0.1) is 0 Å². The number of amides is 2. The number of benzene rings is 2. The Kier molecular flexibility index (Phi) is 8.47. The molecule has 2 aromatic carbocycles. The molecule has 0 aliphatic heterocycles. The number of ether oxygens (including phenoxy) is 1. The lowest BCUT2D eigenvalue weighted by Crippen LogP contribution is -2.28. The van der Waals surface area contributed by atoms with Crippen LogP contribution in [0.3, 0.4) is 0 Å². The van der Waals surface area contributed by atoms with Crippen LogP contribution < -0.4 is 15.4 Å². The minimum Gasteiger partial charge on any atom is -0.497 e. The fourth-order valence-corrected chi connectivity index (χ4v) is 2.56. The number of carboxylic acid groups (broad SMARTS) is 1. The van der Waals surface area contributed by atoms with Crippen LogP contribution >= 0.6 is 11.6 Å². The summed E-state index contributed by atoms with van der Waals surface area (Å²) in [6.07, 6.45) is -1.60. The van der Waals surface area contributed by atoms with Crippen molar-refractivity contribution in [3.8, 4) is 16.9 Å². The number of aromatic nitrogens is 2. The van der Waals surface area contributed by atoms with E-state index in [2.05, 4.69) is 20.8 Å². The lowest BCUT2D eigenvalue weighted by Gasteiger charge is -2.10. The predicted octanol–water partition coefficient (Wildman–Crippen LogP) is 4.69. The fraction of sp³-hybridized carbons (Fsp3) is 0.150. The van der Waals surface area contributed by atoms with E-state index in [9.17, 15) is 18.0 Å². The summed E-state index contributed by atoms with van der Waals surface area (Å²) >= 11 is 6.26. The first-order valence-electron chi connectivity index (χ1n) is 8.86. The number of urea groups is 1. The first-order valence-corrected chi connectivity index (χ1v) is 9.24. The number of hydrogen-bond donors (Lipinski definition) is 4. The molecular formula is C20H18ClF3N4O4. The third kappa shape index (κ3) is 7.51. The van der Waals surface area contributed by atoms with Gasteiger partial charge in [0.2, 0.25) is 0 Å². The van der Waals surface area contributed by atoms with E-state index in [1.807, 2.05) is 30.3 Å². The first-order chi connectivity index (χ1) is 15.1. The molecule has 32 heavy (non-hydrogen) atoms. The number of H-pyrrole nitrogens is 1. The van der Waals surface area contributed by atoms with Crippen molar-refractivity contribution < 1.29 is 32.6 Å². The van der Waals surface area contributed by atoms with Gasteiger partial charge in [-0.25, -0.2) is 9.59 Å². The Bertz CT molecular complexity index is 1060. The number of halogens is 4. The summed E-state index contributed by atoms with van der Waals surface area (Å²) in [5.74, 6) is -2.01. The summed E-state index contributed by atoms with van der Waals surface area (Å²) in [5.41, 5.74) is 3.32. The molecule has 0 aliphatic carbocycles. The Hall–Kier alpha value is -3.73. The average Bonchev–Trinajstić information content (AvgIpc) is 3.28. The Balaban J connectivity index is 0.000000451. The first kappa shape index (κ1) is 24.5. The van der Waals surface area contributed by atoms with Crippen molar-refractivity contribution >= 4 is 29.3 Å². The summed E-state index contributed by atoms with van der Waals surface area (Å²) < 4.78 is 36.9. The van der Waals surface area contributed by atoms with E-state index in [1.54, 1.807) is 31.6 Å². The van der Waals surface area contributed by atoms with E-state index in [4.69, 9.17) is 26.2 Å². The van der Waals surface area contributed by atoms with Crippen LogP contribution in [0.1, 0.15) is 5.56 Å². The zero-order valence-corrected chi connectivity index (χ0v) is 17.3. The molecule has 0 bridgehead atoms. The SMILES string of the molecule is COc1cccc(CNC(=O)Nc2ccc(-c3cn[nH]c3)cc2Cl)c1.O=C(O)C(F)(F)F. The normalized spacial score (nSPS) is 10.5. The highest BCUT2D eigenvalue weighted by Gasteiger charge is 2.38. The van der Waals surface area contributed by atoms with Crippen molar-refractivity contribution in [3.05, 3.63) is 65.4 Å². The lowest BCUT2D eigenvalue weighted by atomic mass is 10.1. The van der Waals surface area contributed by atoms with E-state index in [1.165, 1.54) is 0 Å². The number of aliphatic carboxylic acids is 1. The van der Waals surface area contributed by atoms with Gasteiger partial charge < -0.3 is 20.5 Å². The van der Waals surface area contributed by atoms with Gasteiger partial charge in [0.25, 0.3) is 0 Å². The van der Waals surface area contributed by atoms with Crippen molar-refractivity contribution in [3.63, 3.8) is 0 Å². The van der Waals surface area contributed by atoms with Crippen molar-refractivity contribution in [1.82, 2.24) is 15.5 Å². The van der Waals surface area contributed by atoms with E-state index < -0.39 is 12.1 Å². The monoisotopic (exact) mass is 470 g/mol. The largest absolute Gasteiger partial charge is 0.497 e. The van der Waals surface area contributed by atoms with Gasteiger partial charge in [-0.2, -0.15) is 18.3 Å². The predicted molar refractivity (Wildman–Crippen MR) is 112 cm³/mol. The molecule has 0 radical (unpaired) electrons. The minimum absolute atomic E-state index is 0.333. The van der Waals surface area contributed by atoms with E-state index in [0.29, 0.717) is 17.3 Å². The highest BCUT2D eigenvalue weighted by atomic mass is 35.5. The number of nitrogens with zero attached hydrogens (tertiary/aromatic N) is 1. The summed E-state index contributed by atoms with van der Waals surface area (Å²) in [4.78, 5) is 21.0. The molecule has 3 aromatic rings. The van der Waals surface area contributed by atoms with Crippen LogP contribution in [-0.2, 0) is 11.3 Å². The van der Waals surface area contributed by atoms with Gasteiger partial charge in [0, 0.05) is 18.3 Å². The van der Waals surface area contributed by atoms with E-state index in [-0.39, 0.29) is 6.03 Å². The molecule has 170 valence electrons. The van der Waals surface area contributed by atoms with Crippen LogP contribution in [0.2, 0.25) is 5.02 Å². The Morgan fingerprint density at radius 3 is 2.47 bits per heavy atom. The topological polar surface area (TPSA) is 116 Å². The number of anilines is 1. The molecule has 0 unspecified atom stereocenters. The minimum atomic E-state index is -5.08. The number of hydrogen-bond acceptors (Lipinski definition) is 4. The summed E-state index contributed by atoms with van der Waals surface area (Å²) in [6.45, 7) is 0.383. The number of carbonyl (C=O) groups excluding carboxylic acids is 1. The van der Waals surface area contributed by atoms with Gasteiger partial charge in [0.05, 0.1) is 24.0 Å². The maximum absolute atomic E-state index is 12.1. The molecule has 0 aliphatic rings. The summed E-state index contributed by atoms with van der Waals surface area (Å²) in [6, 6.07) is 12.6. The van der Waals surface area contributed by atoms with Crippen molar-refractivity contribution in [2.24, 2.45) is 0 Å². The second-order valence-corrected chi connectivity index (χ2v) is 6.55. The second-order valence-electron chi connectivity index (χ2n) is 6.14. The highest BCUT2D eigenvalue weighted by Crippen LogP contribution is 2.28. The van der Waals surface area contributed by atoms with Gasteiger partial charge in [0.15, 0.2) is 0 Å². The van der Waals surface area contributed by atoms with Gasteiger partial charge in [-0.1, -0.05) is 29.8 Å². The molecule has 1 heterocycles. The number of nitrogens with one attached hydrogen (secondary N) is 3. The maximum atomic E-state index is 12.1. The number of rotatable bonds is 5. The fourth-order valence-electron chi connectivity index (χ4n) is 2.34. The standard InChI is InChI=1S/C18H17ClN4O2.C2HF3O2/c1-25-15-4-2-3-12(7-15)9-20-18(24)23-17-6-5-13(8-16(17)19)14-10-21-22-11-14;3-2(4,5)1(6)7/h2-8,10-11H,9H2,1H3,(H,21,22)(H2,20,23,24);(H,6,7). The molecule has 0 spiro atoms. The number of methoxy groups -OCH3 is 1. The van der Waals surface area contributed by atoms with Crippen molar-refractivity contribution in [2.45, 2.75) is 12.7 Å². The zero-order valence-electron chi connectivity index (χ0n) is 16.5. The molecule has 0 fully saturated rings. The van der Waals surface area contributed by atoms with Gasteiger partial charge >= 0.3 is 18.2 Å². The number of aromatic amines is 1. The van der Waals surface area contributed by atoms with Crippen LogP contribution in [0.4, 0.5) is 23.7 Å². The molecule has 0 saturated carbocycles. The van der Waals surface area contributed by atoms with Crippen molar-refractivity contribution in [2.75, 3.05) is 12.4 Å². The van der Waals surface area contributed by atoms with E-state index in [0.717, 1.165) is 22.4 Å². The average molecular weight is 471 g/mol. The second kappa shape index (κ2) is 11.0. The van der Waals surface area contributed by atoms with Crippen LogP contribution in [-0.4, -0.2) is 40.6 Å². The van der Waals surface area contributed by atoms with Gasteiger partial charge in [-0.3, -0.25) is 5.10 Å². The smallest absolute Gasteiger partial charge is 0.490 e. The molecule has 12 heteroatoms. The third-order valence-electron chi connectivity index (χ3n) is 3.88. The molecule has 3 rings (SSSR count). The number of carboxylic acids is 1. The Morgan fingerprint density at radius 1 is 1.19 bits per heavy atom. The quantitative estimate of drug-likeness (QED) is 0.431. The summed E-state index contributed by atoms with van der Waals surface area (Å²) in [5, 5.41) is 19.8. The van der Waals surface area contributed by atoms with Crippen LogP contribution in [0, 0.1) is 0 Å². The number of alkyl halides is 3. The van der Waals surface area contributed by atoms with E-state index >= 15 is 0 Å². The summed E-state index contributed by atoms with van der Waals surface area (Å²) in [7, 11) is 1.61. The van der Waals surface area contributed by atoms with Gasteiger partial charge in [-0.05, 0) is 35.4 Å². The molecule has 1 aromatic heterocycles. The maximum Gasteiger partial charge on any atom is 0.490 e. The highest BCUT2D eigenvalue weighted by molar-refractivity contribution is 6.34. The molecule has 2 amide bonds. The Labute approximate surface area is 185 Å².